The van der Waals surface area contributed by atoms with Gasteiger partial charge >= 0.3 is 0 Å². The molecule has 0 saturated carbocycles. The molecule has 0 aromatic heterocycles. The maximum atomic E-state index is 13.0. The van der Waals surface area contributed by atoms with Gasteiger partial charge in [-0.25, -0.2) is 0 Å². The molecule has 30 heavy (non-hydrogen) atoms. The molecule has 2 amide bonds. The highest BCUT2D eigenvalue weighted by Gasteiger charge is 2.18. The van der Waals surface area contributed by atoms with Crippen molar-refractivity contribution in [2.75, 3.05) is 23.8 Å². The van der Waals surface area contributed by atoms with Crippen molar-refractivity contribution in [3.8, 4) is 5.75 Å². The van der Waals surface area contributed by atoms with Gasteiger partial charge in [0.25, 0.3) is 5.91 Å². The normalized spacial score (nSPS) is 11.7. The summed E-state index contributed by atoms with van der Waals surface area (Å²) >= 11 is 0. The van der Waals surface area contributed by atoms with Crippen LogP contribution in [-0.4, -0.2) is 25.0 Å². The zero-order valence-electron chi connectivity index (χ0n) is 18.5. The molecule has 0 aliphatic carbocycles. The minimum absolute atomic E-state index is 0.102. The van der Waals surface area contributed by atoms with E-state index in [2.05, 4.69) is 22.9 Å². The largest absolute Gasteiger partial charge is 0.493 e. The Bertz CT molecular complexity index is 865. The van der Waals surface area contributed by atoms with Gasteiger partial charge in [-0.15, -0.1) is 0 Å². The van der Waals surface area contributed by atoms with E-state index < -0.39 is 0 Å². The van der Waals surface area contributed by atoms with E-state index >= 15 is 0 Å². The molecule has 0 aliphatic rings. The number of nitrogens with one attached hydrogen (secondary N) is 3. The number of hydrogen-bond acceptors (Lipinski definition) is 4. The smallest absolute Gasteiger partial charge is 0.255 e. The highest BCUT2D eigenvalue weighted by atomic mass is 16.5. The molecular weight excluding hydrogens is 378 g/mol. The zero-order valence-corrected chi connectivity index (χ0v) is 18.5. The number of rotatable bonds is 10. The van der Waals surface area contributed by atoms with Gasteiger partial charge in [-0.3, -0.25) is 9.59 Å². The van der Waals surface area contributed by atoms with Crippen molar-refractivity contribution in [1.82, 2.24) is 5.32 Å². The molecular formula is C24H33N3O3. The third-order valence-corrected chi connectivity index (χ3v) is 4.63. The number of hydrogen-bond donors (Lipinski definition) is 3. The van der Waals surface area contributed by atoms with E-state index in [1.54, 1.807) is 18.2 Å². The topological polar surface area (TPSA) is 79.5 Å². The molecule has 162 valence electrons. The van der Waals surface area contributed by atoms with Gasteiger partial charge in [0, 0.05) is 23.8 Å². The lowest BCUT2D eigenvalue weighted by molar-refractivity contribution is -0.118. The molecule has 6 heteroatoms. The van der Waals surface area contributed by atoms with Crippen LogP contribution in [0.4, 0.5) is 11.4 Å². The van der Waals surface area contributed by atoms with Gasteiger partial charge in [-0.1, -0.05) is 32.9 Å². The first-order chi connectivity index (χ1) is 14.3. The second kappa shape index (κ2) is 11.2. The average Bonchev–Trinajstić information content (AvgIpc) is 2.73. The van der Waals surface area contributed by atoms with E-state index in [-0.39, 0.29) is 23.8 Å². The van der Waals surface area contributed by atoms with Crippen LogP contribution in [0.2, 0.25) is 0 Å². The van der Waals surface area contributed by atoms with Crippen LogP contribution in [0.3, 0.4) is 0 Å². The van der Waals surface area contributed by atoms with E-state index in [1.807, 2.05) is 52.0 Å². The van der Waals surface area contributed by atoms with Crippen molar-refractivity contribution >= 4 is 23.2 Å². The van der Waals surface area contributed by atoms with E-state index in [9.17, 15) is 9.59 Å². The number of anilines is 2. The van der Waals surface area contributed by atoms with Gasteiger partial charge in [0.1, 0.15) is 5.75 Å². The van der Waals surface area contributed by atoms with Crippen LogP contribution in [0.15, 0.2) is 42.5 Å². The molecule has 2 rings (SSSR count). The number of carbonyl (C=O) groups excluding carboxylic acids is 2. The van der Waals surface area contributed by atoms with Gasteiger partial charge in [0.05, 0.1) is 18.2 Å². The summed E-state index contributed by atoms with van der Waals surface area (Å²) in [5.41, 5.74) is 3.00. The lowest BCUT2D eigenvalue weighted by Gasteiger charge is -2.18. The predicted molar refractivity (Wildman–Crippen MR) is 122 cm³/mol. The molecule has 2 aromatic rings. The molecule has 3 N–H and O–H groups in total. The minimum atomic E-state index is -0.251. The Labute approximate surface area is 179 Å². The summed E-state index contributed by atoms with van der Waals surface area (Å²) in [5.74, 6) is -0.0145. The molecule has 0 radical (unpaired) electrons. The summed E-state index contributed by atoms with van der Waals surface area (Å²) in [7, 11) is 0. The van der Waals surface area contributed by atoms with E-state index in [4.69, 9.17) is 4.74 Å². The third kappa shape index (κ3) is 6.51. The molecule has 0 spiro atoms. The lowest BCUT2D eigenvalue weighted by atomic mass is 10.1. The second-order valence-electron chi connectivity index (χ2n) is 7.54. The van der Waals surface area contributed by atoms with E-state index in [0.717, 1.165) is 24.2 Å². The molecule has 0 saturated heterocycles. The standard InChI is InChI=1S/C24H33N3O3/c1-6-13-25-19-10-8-9-18(14-19)17(5)26-24(29)21-15-20(27-23(28)16(3)4)11-12-22(21)30-7-2/h8-12,14-17,25H,6-7,13H2,1-5H3,(H,26,29)(H,27,28). The number of ether oxygens (including phenoxy) is 1. The molecule has 1 unspecified atom stereocenters. The second-order valence-corrected chi connectivity index (χ2v) is 7.54. The average molecular weight is 412 g/mol. The zero-order chi connectivity index (χ0) is 22.1. The van der Waals surface area contributed by atoms with Crippen molar-refractivity contribution in [2.45, 2.75) is 47.1 Å². The fourth-order valence-corrected chi connectivity index (χ4v) is 2.90. The first-order valence-corrected chi connectivity index (χ1v) is 10.6. The SMILES string of the molecule is CCCNc1cccc(C(C)NC(=O)c2cc(NC(=O)C(C)C)ccc2OCC)c1. The van der Waals surface area contributed by atoms with Gasteiger partial charge in [0.15, 0.2) is 0 Å². The van der Waals surface area contributed by atoms with E-state index in [1.165, 1.54) is 0 Å². The van der Waals surface area contributed by atoms with Crippen molar-refractivity contribution < 1.29 is 14.3 Å². The van der Waals surface area contributed by atoms with Crippen molar-refractivity contribution in [3.63, 3.8) is 0 Å². The monoisotopic (exact) mass is 411 g/mol. The molecule has 0 fully saturated rings. The Morgan fingerprint density at radius 2 is 1.77 bits per heavy atom. The van der Waals surface area contributed by atoms with Gasteiger partial charge in [-0.05, 0) is 56.2 Å². The Morgan fingerprint density at radius 3 is 2.43 bits per heavy atom. The molecule has 0 bridgehead atoms. The number of carbonyl (C=O) groups is 2. The molecule has 0 heterocycles. The number of benzene rings is 2. The Kier molecular flexibility index (Phi) is 8.71. The summed E-state index contributed by atoms with van der Waals surface area (Å²) in [6, 6.07) is 13.0. The summed E-state index contributed by atoms with van der Waals surface area (Å²) < 4.78 is 5.63. The quantitative estimate of drug-likeness (QED) is 0.514. The summed E-state index contributed by atoms with van der Waals surface area (Å²) in [6.45, 7) is 10.9. The van der Waals surface area contributed by atoms with E-state index in [0.29, 0.717) is 23.6 Å². The maximum absolute atomic E-state index is 13.0. The van der Waals surface area contributed by atoms with Crippen LogP contribution in [0.5, 0.6) is 5.75 Å². The third-order valence-electron chi connectivity index (χ3n) is 4.63. The highest BCUT2D eigenvalue weighted by Crippen LogP contribution is 2.25. The first kappa shape index (κ1) is 23.3. The molecule has 0 aliphatic heterocycles. The fourth-order valence-electron chi connectivity index (χ4n) is 2.90. The van der Waals surface area contributed by atoms with Crippen LogP contribution in [0, 0.1) is 5.92 Å². The molecule has 6 nitrogen and oxygen atoms in total. The number of amides is 2. The van der Waals surface area contributed by atoms with Crippen molar-refractivity contribution in [1.29, 1.82) is 0 Å². The minimum Gasteiger partial charge on any atom is -0.493 e. The fraction of sp³-hybridized carbons (Fsp3) is 0.417. The first-order valence-electron chi connectivity index (χ1n) is 10.6. The molecule has 2 aromatic carbocycles. The lowest BCUT2D eigenvalue weighted by Crippen LogP contribution is -2.27. The highest BCUT2D eigenvalue weighted by molar-refractivity contribution is 6.00. The summed E-state index contributed by atoms with van der Waals surface area (Å²) in [6.07, 6.45) is 1.04. The van der Waals surface area contributed by atoms with Crippen LogP contribution in [-0.2, 0) is 4.79 Å². The van der Waals surface area contributed by atoms with Gasteiger partial charge in [-0.2, -0.15) is 0 Å². The van der Waals surface area contributed by atoms with Crippen LogP contribution in [0.1, 0.15) is 63.0 Å². The van der Waals surface area contributed by atoms with Crippen molar-refractivity contribution in [2.24, 2.45) is 5.92 Å². The Balaban J connectivity index is 2.20. The molecule has 1 atom stereocenters. The Hall–Kier alpha value is -3.02. The Morgan fingerprint density at radius 1 is 1.00 bits per heavy atom. The van der Waals surface area contributed by atoms with Gasteiger partial charge < -0.3 is 20.7 Å². The predicted octanol–water partition coefficient (Wildman–Crippen LogP) is 4.99. The maximum Gasteiger partial charge on any atom is 0.255 e. The van der Waals surface area contributed by atoms with Crippen LogP contribution < -0.4 is 20.7 Å². The summed E-state index contributed by atoms with van der Waals surface area (Å²) in [4.78, 5) is 25.1. The van der Waals surface area contributed by atoms with Gasteiger partial charge in [0.2, 0.25) is 5.91 Å². The van der Waals surface area contributed by atoms with Crippen molar-refractivity contribution in [3.05, 3.63) is 53.6 Å². The van der Waals surface area contributed by atoms with Crippen LogP contribution >= 0.6 is 0 Å². The summed E-state index contributed by atoms with van der Waals surface area (Å²) in [5, 5.41) is 9.24. The van der Waals surface area contributed by atoms with Crippen LogP contribution in [0.25, 0.3) is 0 Å².